The number of anilines is 1. The summed E-state index contributed by atoms with van der Waals surface area (Å²) in [6, 6.07) is 7.77. The van der Waals surface area contributed by atoms with Crippen molar-refractivity contribution in [2.24, 2.45) is 11.7 Å². The second kappa shape index (κ2) is 5.14. The van der Waals surface area contributed by atoms with E-state index in [9.17, 15) is 4.79 Å². The molecule has 1 aromatic rings. The Bertz CT molecular complexity index is 390. The van der Waals surface area contributed by atoms with Crippen LogP contribution in [-0.4, -0.2) is 11.9 Å². The summed E-state index contributed by atoms with van der Waals surface area (Å²) in [6.45, 7) is 0. The highest BCUT2D eigenvalue weighted by molar-refractivity contribution is 14.1. The average Bonchev–Trinajstić information content (AvgIpc) is 3.04. The highest BCUT2D eigenvalue weighted by Gasteiger charge is 2.29. The third-order valence-electron chi connectivity index (χ3n) is 2.80. The molecule has 86 valence electrons. The fourth-order valence-corrected chi connectivity index (χ4v) is 2.19. The van der Waals surface area contributed by atoms with Crippen LogP contribution >= 0.6 is 22.6 Å². The normalized spacial score (nSPS) is 16.9. The zero-order chi connectivity index (χ0) is 11.5. The number of nitrogens with one attached hydrogen (secondary N) is 1. The summed E-state index contributed by atoms with van der Waals surface area (Å²) < 4.78 is 1.05. The van der Waals surface area contributed by atoms with Crippen molar-refractivity contribution in [1.82, 2.24) is 0 Å². The average molecular weight is 330 g/mol. The second-order valence-electron chi connectivity index (χ2n) is 4.23. The van der Waals surface area contributed by atoms with Crippen LogP contribution in [-0.2, 0) is 4.79 Å². The number of benzene rings is 1. The van der Waals surface area contributed by atoms with Crippen LogP contribution in [0.2, 0.25) is 0 Å². The number of hydrogen-bond donors (Lipinski definition) is 2. The van der Waals surface area contributed by atoms with E-state index in [1.165, 1.54) is 12.8 Å². The molecule has 3 nitrogen and oxygen atoms in total. The van der Waals surface area contributed by atoms with Gasteiger partial charge in [0.25, 0.3) is 0 Å². The first-order valence-corrected chi connectivity index (χ1v) is 6.54. The van der Waals surface area contributed by atoms with Gasteiger partial charge in [-0.2, -0.15) is 0 Å². The predicted octanol–water partition coefficient (Wildman–Crippen LogP) is 2.36. The van der Waals surface area contributed by atoms with Crippen LogP contribution in [0.25, 0.3) is 0 Å². The maximum atomic E-state index is 11.7. The van der Waals surface area contributed by atoms with Gasteiger partial charge >= 0.3 is 0 Å². The van der Waals surface area contributed by atoms with Crippen molar-refractivity contribution in [3.63, 3.8) is 0 Å². The maximum absolute atomic E-state index is 11.7. The summed E-state index contributed by atoms with van der Waals surface area (Å²) >= 11 is 2.21. The summed E-state index contributed by atoms with van der Waals surface area (Å²) in [5, 5.41) is 2.90. The molecule has 0 heterocycles. The van der Waals surface area contributed by atoms with Crippen molar-refractivity contribution in [3.8, 4) is 0 Å². The molecule has 0 spiro atoms. The lowest BCUT2D eigenvalue weighted by Gasteiger charge is -2.11. The molecule has 1 aliphatic carbocycles. The monoisotopic (exact) mass is 330 g/mol. The first-order chi connectivity index (χ1) is 7.66. The number of rotatable bonds is 4. The van der Waals surface area contributed by atoms with Crippen LogP contribution in [0.15, 0.2) is 24.3 Å². The molecule has 3 N–H and O–H groups in total. The van der Waals surface area contributed by atoms with Gasteiger partial charge in [0.2, 0.25) is 5.91 Å². The minimum absolute atomic E-state index is 0.0171. The standard InChI is InChI=1S/C12H15IN2O/c13-9-3-1-2-4-11(9)15-12(16)7-10(14)8-5-6-8/h1-4,8,10H,5-7,14H2,(H,15,16). The van der Waals surface area contributed by atoms with Gasteiger partial charge in [0.1, 0.15) is 0 Å². The molecule has 1 saturated carbocycles. The van der Waals surface area contributed by atoms with Gasteiger partial charge in [0.15, 0.2) is 0 Å². The molecule has 16 heavy (non-hydrogen) atoms. The summed E-state index contributed by atoms with van der Waals surface area (Å²) in [7, 11) is 0. The molecule has 1 amide bonds. The quantitative estimate of drug-likeness (QED) is 0.833. The first-order valence-electron chi connectivity index (χ1n) is 5.47. The molecule has 2 rings (SSSR count). The maximum Gasteiger partial charge on any atom is 0.225 e. The van der Waals surface area contributed by atoms with Gasteiger partial charge < -0.3 is 11.1 Å². The Morgan fingerprint density at radius 3 is 2.81 bits per heavy atom. The van der Waals surface area contributed by atoms with Crippen molar-refractivity contribution < 1.29 is 4.79 Å². The third-order valence-corrected chi connectivity index (χ3v) is 3.74. The minimum Gasteiger partial charge on any atom is -0.327 e. The molecule has 1 aliphatic rings. The van der Waals surface area contributed by atoms with Gasteiger partial charge in [0, 0.05) is 16.0 Å². The summed E-state index contributed by atoms with van der Waals surface area (Å²) in [5.74, 6) is 0.587. The van der Waals surface area contributed by atoms with Crippen molar-refractivity contribution in [1.29, 1.82) is 0 Å². The van der Waals surface area contributed by atoms with Crippen LogP contribution in [0.5, 0.6) is 0 Å². The van der Waals surface area contributed by atoms with Crippen LogP contribution in [0.3, 0.4) is 0 Å². The highest BCUT2D eigenvalue weighted by Crippen LogP contribution is 2.32. The number of para-hydroxylation sites is 1. The van der Waals surface area contributed by atoms with Gasteiger partial charge in [0.05, 0.1) is 5.69 Å². The van der Waals surface area contributed by atoms with Crippen molar-refractivity contribution in [2.45, 2.75) is 25.3 Å². The van der Waals surface area contributed by atoms with Crippen molar-refractivity contribution in [3.05, 3.63) is 27.8 Å². The Morgan fingerprint density at radius 2 is 2.19 bits per heavy atom. The number of carbonyl (C=O) groups is 1. The summed E-state index contributed by atoms with van der Waals surface area (Å²) in [5.41, 5.74) is 6.78. The summed E-state index contributed by atoms with van der Waals surface area (Å²) in [4.78, 5) is 11.7. The lowest BCUT2D eigenvalue weighted by atomic mass is 10.1. The predicted molar refractivity (Wildman–Crippen MR) is 73.1 cm³/mol. The molecule has 1 unspecified atom stereocenters. The van der Waals surface area contributed by atoms with Gasteiger partial charge in [-0.05, 0) is 53.5 Å². The fraction of sp³-hybridized carbons (Fsp3) is 0.417. The van der Waals surface area contributed by atoms with Crippen LogP contribution in [0.1, 0.15) is 19.3 Å². The smallest absolute Gasteiger partial charge is 0.225 e. The Morgan fingerprint density at radius 1 is 1.50 bits per heavy atom. The highest BCUT2D eigenvalue weighted by atomic mass is 127. The third kappa shape index (κ3) is 3.18. The Hall–Kier alpha value is -0.620. The van der Waals surface area contributed by atoms with E-state index in [0.717, 1.165) is 9.26 Å². The molecule has 1 fully saturated rings. The van der Waals surface area contributed by atoms with E-state index in [0.29, 0.717) is 12.3 Å². The molecule has 0 saturated heterocycles. The van der Waals surface area contributed by atoms with E-state index in [1.54, 1.807) is 0 Å². The van der Waals surface area contributed by atoms with Crippen LogP contribution in [0, 0.1) is 9.49 Å². The molecule has 0 aliphatic heterocycles. The lowest BCUT2D eigenvalue weighted by molar-refractivity contribution is -0.116. The largest absolute Gasteiger partial charge is 0.327 e. The Labute approximate surface area is 109 Å². The van der Waals surface area contributed by atoms with Crippen LogP contribution < -0.4 is 11.1 Å². The first kappa shape index (κ1) is 11.9. The topological polar surface area (TPSA) is 55.1 Å². The molecule has 0 radical (unpaired) electrons. The fourth-order valence-electron chi connectivity index (χ4n) is 1.67. The Balaban J connectivity index is 1.89. The van der Waals surface area contributed by atoms with E-state index >= 15 is 0 Å². The van der Waals surface area contributed by atoms with Crippen molar-refractivity contribution >= 4 is 34.2 Å². The zero-order valence-electron chi connectivity index (χ0n) is 8.95. The van der Waals surface area contributed by atoms with Crippen LogP contribution in [0.4, 0.5) is 5.69 Å². The van der Waals surface area contributed by atoms with Crippen molar-refractivity contribution in [2.75, 3.05) is 5.32 Å². The Kier molecular flexibility index (Phi) is 3.81. The van der Waals surface area contributed by atoms with Gasteiger partial charge in [-0.3, -0.25) is 4.79 Å². The molecule has 0 aromatic heterocycles. The van der Waals surface area contributed by atoms with Gasteiger partial charge in [-0.25, -0.2) is 0 Å². The molecular weight excluding hydrogens is 315 g/mol. The lowest BCUT2D eigenvalue weighted by Crippen LogP contribution is -2.29. The molecule has 4 heteroatoms. The van der Waals surface area contributed by atoms with E-state index in [-0.39, 0.29) is 11.9 Å². The molecular formula is C12H15IN2O. The molecule has 0 bridgehead atoms. The van der Waals surface area contributed by atoms with Gasteiger partial charge in [-0.1, -0.05) is 12.1 Å². The minimum atomic E-state index is 0.0171. The SMILES string of the molecule is NC(CC(=O)Nc1ccccc1I)C1CC1. The van der Waals surface area contributed by atoms with E-state index in [1.807, 2.05) is 24.3 Å². The summed E-state index contributed by atoms with van der Waals surface area (Å²) in [6.07, 6.45) is 2.78. The molecule has 1 aromatic carbocycles. The second-order valence-corrected chi connectivity index (χ2v) is 5.40. The zero-order valence-corrected chi connectivity index (χ0v) is 11.1. The van der Waals surface area contributed by atoms with E-state index < -0.39 is 0 Å². The number of carbonyl (C=O) groups excluding carboxylic acids is 1. The van der Waals surface area contributed by atoms with E-state index in [4.69, 9.17) is 5.73 Å². The number of amides is 1. The van der Waals surface area contributed by atoms with Gasteiger partial charge in [-0.15, -0.1) is 0 Å². The number of hydrogen-bond acceptors (Lipinski definition) is 2. The number of nitrogens with two attached hydrogens (primary N) is 1. The molecule has 1 atom stereocenters. The number of halogens is 1. The van der Waals surface area contributed by atoms with E-state index in [2.05, 4.69) is 27.9 Å².